The van der Waals surface area contributed by atoms with Crippen molar-refractivity contribution in [2.24, 2.45) is 0 Å². The molecular weight excluding hydrogens is 248 g/mol. The van der Waals surface area contributed by atoms with Crippen LogP contribution in [0.15, 0.2) is 18.2 Å². The van der Waals surface area contributed by atoms with Crippen molar-refractivity contribution in [1.29, 1.82) is 0 Å². The summed E-state index contributed by atoms with van der Waals surface area (Å²) in [5.41, 5.74) is 1.60. The van der Waals surface area contributed by atoms with Crippen molar-refractivity contribution >= 4 is 17.4 Å². The summed E-state index contributed by atoms with van der Waals surface area (Å²) in [7, 11) is 0. The van der Waals surface area contributed by atoms with Gasteiger partial charge in [0.1, 0.15) is 5.75 Å². The molecule has 0 aromatic heterocycles. The molecular formula is C15H21ClO2. The van der Waals surface area contributed by atoms with Crippen LogP contribution in [-0.4, -0.2) is 17.8 Å². The van der Waals surface area contributed by atoms with Gasteiger partial charge < -0.3 is 4.74 Å². The third kappa shape index (κ3) is 3.74. The fourth-order valence-corrected chi connectivity index (χ4v) is 1.88. The van der Waals surface area contributed by atoms with E-state index in [0.717, 1.165) is 11.3 Å². The van der Waals surface area contributed by atoms with Gasteiger partial charge in [0.05, 0.1) is 12.0 Å². The summed E-state index contributed by atoms with van der Waals surface area (Å²) >= 11 is 5.60. The first-order valence-corrected chi connectivity index (χ1v) is 6.69. The molecule has 1 aromatic rings. The van der Waals surface area contributed by atoms with Crippen LogP contribution in [0.3, 0.4) is 0 Å². The van der Waals surface area contributed by atoms with Gasteiger partial charge >= 0.3 is 0 Å². The molecule has 1 rings (SSSR count). The van der Waals surface area contributed by atoms with E-state index in [9.17, 15) is 4.79 Å². The molecule has 0 N–H and O–H groups in total. The number of hydrogen-bond acceptors (Lipinski definition) is 2. The van der Waals surface area contributed by atoms with Gasteiger partial charge in [-0.15, -0.1) is 11.6 Å². The molecule has 0 aliphatic heterocycles. The highest BCUT2D eigenvalue weighted by Gasteiger charge is 2.21. The predicted molar refractivity (Wildman–Crippen MR) is 76.0 cm³/mol. The molecule has 0 atom stereocenters. The first kappa shape index (κ1) is 15.0. The molecule has 0 heterocycles. The fourth-order valence-electron chi connectivity index (χ4n) is 1.72. The van der Waals surface area contributed by atoms with Crippen LogP contribution in [0, 0.1) is 0 Å². The van der Waals surface area contributed by atoms with Crippen molar-refractivity contribution in [2.75, 3.05) is 5.88 Å². The smallest absolute Gasteiger partial charge is 0.177 e. The summed E-state index contributed by atoms with van der Waals surface area (Å²) in [5.74, 6) is 0.787. The number of rotatable bonds is 4. The molecule has 1 aromatic carbocycles. The van der Waals surface area contributed by atoms with Gasteiger partial charge in [-0.25, -0.2) is 0 Å². The van der Waals surface area contributed by atoms with E-state index < -0.39 is 0 Å². The Balaban J connectivity index is 3.25. The largest absolute Gasteiger partial charge is 0.491 e. The average Bonchev–Trinajstić information content (AvgIpc) is 2.26. The van der Waals surface area contributed by atoms with E-state index in [2.05, 4.69) is 20.8 Å². The second-order valence-electron chi connectivity index (χ2n) is 5.68. The van der Waals surface area contributed by atoms with Gasteiger partial charge in [-0.1, -0.05) is 20.8 Å². The topological polar surface area (TPSA) is 26.3 Å². The minimum absolute atomic E-state index is 0.00790. The first-order valence-electron chi connectivity index (χ1n) is 6.16. The highest BCUT2D eigenvalue weighted by Crippen LogP contribution is 2.33. The zero-order valence-corrected chi connectivity index (χ0v) is 12.5. The Morgan fingerprint density at radius 2 is 1.94 bits per heavy atom. The number of alkyl halides is 1. The van der Waals surface area contributed by atoms with Crippen molar-refractivity contribution in [3.05, 3.63) is 29.3 Å². The molecule has 0 fully saturated rings. The third-order valence-electron chi connectivity index (χ3n) is 2.59. The SMILES string of the molecule is CC(C)Oc1ccc(C(=O)CCl)cc1C(C)(C)C. The van der Waals surface area contributed by atoms with Crippen LogP contribution in [0.2, 0.25) is 0 Å². The van der Waals surface area contributed by atoms with E-state index in [1.54, 1.807) is 6.07 Å². The minimum atomic E-state index is -0.0766. The second-order valence-corrected chi connectivity index (χ2v) is 5.95. The number of Topliss-reactive ketones (excluding diaryl/α,β-unsaturated/α-hetero) is 1. The number of carbonyl (C=O) groups is 1. The molecule has 0 unspecified atom stereocenters. The molecule has 3 heteroatoms. The van der Waals surface area contributed by atoms with E-state index in [1.165, 1.54) is 0 Å². The average molecular weight is 269 g/mol. The lowest BCUT2D eigenvalue weighted by molar-refractivity contribution is 0.102. The molecule has 0 spiro atoms. The fraction of sp³-hybridized carbons (Fsp3) is 0.533. The lowest BCUT2D eigenvalue weighted by atomic mass is 9.85. The van der Waals surface area contributed by atoms with Gasteiger partial charge in [0.2, 0.25) is 0 Å². The monoisotopic (exact) mass is 268 g/mol. The number of ketones is 1. The summed E-state index contributed by atoms with van der Waals surface area (Å²) in [4.78, 5) is 11.7. The van der Waals surface area contributed by atoms with Crippen LogP contribution in [0.25, 0.3) is 0 Å². The summed E-state index contributed by atoms with van der Waals surface area (Å²) in [6.07, 6.45) is 0.112. The van der Waals surface area contributed by atoms with Crippen LogP contribution in [0.1, 0.15) is 50.5 Å². The van der Waals surface area contributed by atoms with Crippen LogP contribution >= 0.6 is 11.6 Å². The number of benzene rings is 1. The highest BCUT2D eigenvalue weighted by molar-refractivity contribution is 6.30. The molecule has 0 saturated carbocycles. The first-order chi connectivity index (χ1) is 8.25. The molecule has 0 saturated heterocycles. The van der Waals surface area contributed by atoms with E-state index in [1.807, 2.05) is 26.0 Å². The molecule has 18 heavy (non-hydrogen) atoms. The summed E-state index contributed by atoms with van der Waals surface area (Å²) in [5, 5.41) is 0. The van der Waals surface area contributed by atoms with Crippen molar-refractivity contribution < 1.29 is 9.53 Å². The quantitative estimate of drug-likeness (QED) is 0.604. The van der Waals surface area contributed by atoms with Crippen LogP contribution in [0.5, 0.6) is 5.75 Å². The zero-order valence-electron chi connectivity index (χ0n) is 11.7. The van der Waals surface area contributed by atoms with Gasteiger partial charge in [0.25, 0.3) is 0 Å². The van der Waals surface area contributed by atoms with Crippen molar-refractivity contribution in [3.63, 3.8) is 0 Å². The number of ether oxygens (including phenoxy) is 1. The molecule has 0 amide bonds. The van der Waals surface area contributed by atoms with Crippen molar-refractivity contribution in [1.82, 2.24) is 0 Å². The molecule has 0 bridgehead atoms. The summed E-state index contributed by atoms with van der Waals surface area (Å²) in [6, 6.07) is 5.53. The Hall–Kier alpha value is -1.02. The maximum absolute atomic E-state index is 11.7. The van der Waals surface area contributed by atoms with Gasteiger partial charge in [-0.3, -0.25) is 4.79 Å². The maximum Gasteiger partial charge on any atom is 0.177 e. The normalized spacial score (nSPS) is 11.7. The molecule has 2 nitrogen and oxygen atoms in total. The molecule has 0 radical (unpaired) electrons. The van der Waals surface area contributed by atoms with Gasteiger partial charge in [0, 0.05) is 11.1 Å². The van der Waals surface area contributed by atoms with E-state index in [4.69, 9.17) is 16.3 Å². The Kier molecular flexibility index (Phi) is 4.80. The van der Waals surface area contributed by atoms with Crippen molar-refractivity contribution in [2.45, 2.75) is 46.1 Å². The zero-order chi connectivity index (χ0) is 13.9. The molecule has 100 valence electrons. The van der Waals surface area contributed by atoms with Gasteiger partial charge in [-0.05, 0) is 37.5 Å². The molecule has 0 aliphatic carbocycles. The second kappa shape index (κ2) is 5.75. The number of carbonyl (C=O) groups excluding carboxylic acids is 1. The number of halogens is 1. The van der Waals surface area contributed by atoms with Crippen molar-refractivity contribution in [3.8, 4) is 5.75 Å². The lowest BCUT2D eigenvalue weighted by Crippen LogP contribution is -2.17. The Morgan fingerprint density at radius 1 is 1.33 bits per heavy atom. The summed E-state index contributed by atoms with van der Waals surface area (Å²) < 4.78 is 5.80. The predicted octanol–water partition coefficient (Wildman–Crippen LogP) is 4.19. The van der Waals surface area contributed by atoms with Crippen LogP contribution < -0.4 is 4.74 Å². The Bertz CT molecular complexity index is 431. The molecule has 0 aliphatic rings. The van der Waals surface area contributed by atoms with Crippen LogP contribution in [0.4, 0.5) is 0 Å². The van der Waals surface area contributed by atoms with E-state index in [0.29, 0.717) is 5.56 Å². The lowest BCUT2D eigenvalue weighted by Gasteiger charge is -2.24. The third-order valence-corrected chi connectivity index (χ3v) is 2.84. The highest BCUT2D eigenvalue weighted by atomic mass is 35.5. The number of hydrogen-bond donors (Lipinski definition) is 0. The minimum Gasteiger partial charge on any atom is -0.491 e. The van der Waals surface area contributed by atoms with Gasteiger partial charge in [0.15, 0.2) is 5.78 Å². The Morgan fingerprint density at radius 3 is 2.39 bits per heavy atom. The Labute approximate surface area is 114 Å². The van der Waals surface area contributed by atoms with Crippen LogP contribution in [-0.2, 0) is 5.41 Å². The summed E-state index contributed by atoms with van der Waals surface area (Å²) in [6.45, 7) is 10.3. The van der Waals surface area contributed by atoms with E-state index >= 15 is 0 Å². The standard InChI is InChI=1S/C15H21ClO2/c1-10(2)18-14-7-6-11(13(17)9-16)8-12(14)15(3,4)5/h6-8,10H,9H2,1-5H3. The van der Waals surface area contributed by atoms with E-state index in [-0.39, 0.29) is 23.2 Å². The maximum atomic E-state index is 11.7. The van der Waals surface area contributed by atoms with Gasteiger partial charge in [-0.2, -0.15) is 0 Å².